The summed E-state index contributed by atoms with van der Waals surface area (Å²) in [5, 5.41) is 15.8. The molecule has 0 N–H and O–H groups in total. The Morgan fingerprint density at radius 3 is 1.37 bits per heavy atom. The van der Waals surface area contributed by atoms with Crippen LogP contribution in [0.25, 0.3) is 105 Å². The van der Waals surface area contributed by atoms with Gasteiger partial charge in [-0.05, 0) is 47.5 Å². The van der Waals surface area contributed by atoms with Gasteiger partial charge in [-0.15, -0.1) is 0 Å². The maximum absolute atomic E-state index is 11.6. The summed E-state index contributed by atoms with van der Waals surface area (Å²) in [7, 11) is 0. The molecular weight excluding hydrogens is 735 g/mol. The van der Waals surface area contributed by atoms with Gasteiger partial charge in [0.25, 0.3) is 0 Å². The highest BCUT2D eigenvalue weighted by Crippen LogP contribution is 2.46. The smallest absolute Gasteiger partial charge is 0.213 e. The third-order valence-electron chi connectivity index (χ3n) is 11.2. The molecule has 0 aliphatic heterocycles. The van der Waals surface area contributed by atoms with Gasteiger partial charge in [0, 0.05) is 38.2 Å². The SMILES string of the molecule is [C-]#[N+]c1cc(-c2nc(-c3ccccc3)nc(-c3ccccc3)n2)c(C#N)c(-n2c3ccccc3c3ccccc32)c1-n1c2ccccc2c2cc(-c3ccccc3)ccc21. The van der Waals surface area contributed by atoms with Crippen molar-refractivity contribution in [1.82, 2.24) is 24.1 Å². The van der Waals surface area contributed by atoms with Gasteiger partial charge in [0.1, 0.15) is 6.07 Å². The number of nitrogens with zero attached hydrogens (tertiary/aromatic N) is 7. The molecular formula is C53H31N7. The van der Waals surface area contributed by atoms with Gasteiger partial charge in [-0.1, -0.05) is 152 Å². The van der Waals surface area contributed by atoms with Crippen LogP contribution < -0.4 is 0 Å². The molecule has 278 valence electrons. The second kappa shape index (κ2) is 14.1. The highest BCUT2D eigenvalue weighted by molar-refractivity contribution is 6.13. The van der Waals surface area contributed by atoms with Crippen molar-refractivity contribution in [1.29, 1.82) is 5.26 Å². The Morgan fingerprint density at radius 1 is 0.417 bits per heavy atom. The second-order valence-corrected chi connectivity index (χ2v) is 14.6. The third kappa shape index (κ3) is 5.46. The van der Waals surface area contributed by atoms with Gasteiger partial charge >= 0.3 is 0 Å². The van der Waals surface area contributed by atoms with E-state index in [4.69, 9.17) is 21.5 Å². The van der Waals surface area contributed by atoms with Crippen molar-refractivity contribution in [3.63, 3.8) is 0 Å². The number of fused-ring (bicyclic) bond motifs is 6. The van der Waals surface area contributed by atoms with Crippen molar-refractivity contribution < 1.29 is 0 Å². The number of para-hydroxylation sites is 3. The molecule has 0 bridgehead atoms. The van der Waals surface area contributed by atoms with Crippen molar-refractivity contribution in [3.05, 3.63) is 205 Å². The zero-order valence-electron chi connectivity index (χ0n) is 32.0. The van der Waals surface area contributed by atoms with Gasteiger partial charge < -0.3 is 9.13 Å². The monoisotopic (exact) mass is 765 g/mol. The summed E-state index contributed by atoms with van der Waals surface area (Å²) in [5.41, 5.74) is 9.73. The molecule has 0 aliphatic carbocycles. The fraction of sp³-hybridized carbons (Fsp3) is 0. The lowest BCUT2D eigenvalue weighted by molar-refractivity contribution is 1.06. The van der Waals surface area contributed by atoms with Crippen LogP contribution >= 0.6 is 0 Å². The van der Waals surface area contributed by atoms with E-state index in [0.29, 0.717) is 45.7 Å². The third-order valence-corrected chi connectivity index (χ3v) is 11.2. The number of hydrogen-bond donors (Lipinski definition) is 0. The van der Waals surface area contributed by atoms with E-state index in [1.54, 1.807) is 6.07 Å². The highest BCUT2D eigenvalue weighted by Gasteiger charge is 2.29. The van der Waals surface area contributed by atoms with Gasteiger partial charge in [-0.3, -0.25) is 0 Å². The average Bonchev–Trinajstić information content (AvgIpc) is 3.83. The van der Waals surface area contributed by atoms with Crippen LogP contribution in [0.4, 0.5) is 5.69 Å². The van der Waals surface area contributed by atoms with E-state index < -0.39 is 0 Å². The number of nitriles is 1. The van der Waals surface area contributed by atoms with E-state index >= 15 is 0 Å². The van der Waals surface area contributed by atoms with Crippen molar-refractivity contribution in [3.8, 4) is 62.7 Å². The fourth-order valence-electron chi connectivity index (χ4n) is 8.57. The molecule has 0 aliphatic rings. The van der Waals surface area contributed by atoms with Gasteiger partial charge in [0.15, 0.2) is 17.5 Å². The minimum Gasteiger partial charge on any atom is -0.317 e. The van der Waals surface area contributed by atoms with Crippen LogP contribution in [0.1, 0.15) is 5.56 Å². The first-order valence-electron chi connectivity index (χ1n) is 19.6. The van der Waals surface area contributed by atoms with Crippen LogP contribution in [0.15, 0.2) is 188 Å². The van der Waals surface area contributed by atoms with Crippen LogP contribution in [0, 0.1) is 17.9 Å². The molecule has 0 saturated carbocycles. The molecule has 0 amide bonds. The molecule has 0 saturated heterocycles. The first-order valence-corrected chi connectivity index (χ1v) is 19.6. The van der Waals surface area contributed by atoms with Gasteiger partial charge in [-0.25, -0.2) is 19.8 Å². The Labute approximate surface area is 345 Å². The lowest BCUT2D eigenvalue weighted by Crippen LogP contribution is -2.09. The molecule has 60 heavy (non-hydrogen) atoms. The largest absolute Gasteiger partial charge is 0.317 e. The summed E-state index contributed by atoms with van der Waals surface area (Å²) >= 11 is 0. The fourth-order valence-corrected chi connectivity index (χ4v) is 8.57. The van der Waals surface area contributed by atoms with E-state index in [1.165, 1.54) is 0 Å². The molecule has 0 unspecified atom stereocenters. The van der Waals surface area contributed by atoms with E-state index in [0.717, 1.165) is 65.9 Å². The van der Waals surface area contributed by atoms with Crippen LogP contribution in [0.2, 0.25) is 0 Å². The molecule has 3 aromatic heterocycles. The van der Waals surface area contributed by atoms with Crippen molar-refractivity contribution in [2.45, 2.75) is 0 Å². The van der Waals surface area contributed by atoms with Gasteiger partial charge in [0.05, 0.1) is 45.6 Å². The van der Waals surface area contributed by atoms with E-state index in [2.05, 4.69) is 86.8 Å². The Hall–Kier alpha value is -8.65. The summed E-state index contributed by atoms with van der Waals surface area (Å²) in [6, 6.07) is 65.5. The first-order chi connectivity index (χ1) is 29.7. The molecule has 11 aromatic rings. The summed E-state index contributed by atoms with van der Waals surface area (Å²) in [6.45, 7) is 8.90. The summed E-state index contributed by atoms with van der Waals surface area (Å²) in [6.07, 6.45) is 0. The molecule has 0 spiro atoms. The Balaban J connectivity index is 1.30. The molecule has 0 fully saturated rings. The summed E-state index contributed by atoms with van der Waals surface area (Å²) < 4.78 is 4.31. The van der Waals surface area contributed by atoms with Crippen LogP contribution in [-0.2, 0) is 0 Å². The van der Waals surface area contributed by atoms with Gasteiger partial charge in [-0.2, -0.15) is 5.26 Å². The number of rotatable bonds is 6. The molecule has 11 rings (SSSR count). The summed E-state index contributed by atoms with van der Waals surface area (Å²) in [4.78, 5) is 19.4. The zero-order valence-corrected chi connectivity index (χ0v) is 32.0. The topological polar surface area (TPSA) is 76.7 Å². The normalized spacial score (nSPS) is 11.3. The maximum atomic E-state index is 11.6. The predicted octanol–water partition coefficient (Wildman–Crippen LogP) is 13.2. The van der Waals surface area contributed by atoms with E-state index in [1.807, 2.05) is 115 Å². The van der Waals surface area contributed by atoms with Crippen LogP contribution in [-0.4, -0.2) is 24.1 Å². The molecule has 7 nitrogen and oxygen atoms in total. The molecule has 3 heterocycles. The van der Waals surface area contributed by atoms with Crippen LogP contribution in [0.5, 0.6) is 0 Å². The van der Waals surface area contributed by atoms with Crippen molar-refractivity contribution in [2.75, 3.05) is 0 Å². The van der Waals surface area contributed by atoms with Gasteiger partial charge in [0.2, 0.25) is 5.69 Å². The zero-order chi connectivity index (χ0) is 40.2. The number of hydrogen-bond acceptors (Lipinski definition) is 4. The lowest BCUT2D eigenvalue weighted by atomic mass is 10.0. The first kappa shape index (κ1) is 34.6. The summed E-state index contributed by atoms with van der Waals surface area (Å²) in [5.74, 6) is 1.23. The lowest BCUT2D eigenvalue weighted by Gasteiger charge is -2.22. The second-order valence-electron chi connectivity index (χ2n) is 14.6. The molecule has 0 radical (unpaired) electrons. The highest BCUT2D eigenvalue weighted by atomic mass is 15.1. The molecule has 8 aromatic carbocycles. The number of benzene rings is 8. The van der Waals surface area contributed by atoms with Crippen LogP contribution in [0.3, 0.4) is 0 Å². The number of aromatic nitrogens is 5. The van der Waals surface area contributed by atoms with E-state index in [-0.39, 0.29) is 0 Å². The molecule has 7 heteroatoms. The molecule has 0 atom stereocenters. The quantitative estimate of drug-likeness (QED) is 0.158. The Bertz CT molecular complexity index is 3440. The Morgan fingerprint density at radius 2 is 0.850 bits per heavy atom. The maximum Gasteiger partial charge on any atom is 0.213 e. The standard InChI is InChI=1S/C53H31N7/c1-55-44-32-42(53-57-51(35-19-7-3-8-20-35)56-52(58-53)36-21-9-4-10-22-36)43(33-54)49(59-45-26-14-11-23-38(45)39-24-12-15-27-46(39)59)50(44)60-47-28-16-13-25-40(47)41-31-37(29-30-48(41)60)34-17-5-2-6-18-34/h2-32H. The van der Waals surface area contributed by atoms with Crippen molar-refractivity contribution in [2.24, 2.45) is 0 Å². The minimum absolute atomic E-state index is 0.299. The predicted molar refractivity (Wildman–Crippen MR) is 241 cm³/mol. The van der Waals surface area contributed by atoms with Crippen molar-refractivity contribution >= 4 is 49.3 Å². The minimum atomic E-state index is 0.299. The van der Waals surface area contributed by atoms with E-state index in [9.17, 15) is 5.26 Å². The Kier molecular flexibility index (Phi) is 8.11. The average molecular weight is 766 g/mol.